The van der Waals surface area contributed by atoms with Gasteiger partial charge in [-0.2, -0.15) is 16.7 Å². The van der Waals surface area contributed by atoms with Crippen molar-refractivity contribution in [3.8, 4) is 0 Å². The van der Waals surface area contributed by atoms with E-state index in [1.165, 1.54) is 5.75 Å². The minimum Gasteiger partial charge on any atom is -0.339 e. The first-order valence-corrected chi connectivity index (χ1v) is 8.14. The zero-order valence-electron chi connectivity index (χ0n) is 11.6. The van der Waals surface area contributed by atoms with Crippen LogP contribution >= 0.6 is 11.8 Å². The first-order chi connectivity index (χ1) is 9.11. The molecule has 0 amide bonds. The van der Waals surface area contributed by atoms with Crippen molar-refractivity contribution in [1.82, 2.24) is 15.0 Å². The largest absolute Gasteiger partial charge is 0.339 e. The van der Waals surface area contributed by atoms with Gasteiger partial charge >= 0.3 is 0 Å². The van der Waals surface area contributed by atoms with Crippen molar-refractivity contribution in [2.75, 3.05) is 25.1 Å². The number of thioether (sulfide) groups is 1. The molecule has 2 heterocycles. The fourth-order valence-electron chi connectivity index (χ4n) is 3.02. The highest BCUT2D eigenvalue weighted by molar-refractivity contribution is 7.99. The number of hydrogen-bond donors (Lipinski definition) is 1. The quantitative estimate of drug-likeness (QED) is 0.888. The van der Waals surface area contributed by atoms with Crippen LogP contribution in [0.1, 0.15) is 43.9 Å². The van der Waals surface area contributed by atoms with E-state index in [0.717, 1.165) is 43.3 Å². The molecule has 6 heteroatoms. The van der Waals surface area contributed by atoms with E-state index < -0.39 is 0 Å². The summed E-state index contributed by atoms with van der Waals surface area (Å²) in [5, 5.41) is 4.22. The van der Waals surface area contributed by atoms with Crippen molar-refractivity contribution < 1.29 is 4.52 Å². The van der Waals surface area contributed by atoms with Crippen molar-refractivity contribution in [2.24, 2.45) is 5.73 Å². The molecule has 0 aromatic carbocycles. The lowest BCUT2D eigenvalue weighted by Gasteiger charge is -2.29. The highest BCUT2D eigenvalue weighted by Gasteiger charge is 2.43. The van der Waals surface area contributed by atoms with E-state index in [2.05, 4.69) is 29.0 Å². The molecule has 5 nitrogen and oxygen atoms in total. The van der Waals surface area contributed by atoms with Gasteiger partial charge in [-0.15, -0.1) is 0 Å². The minimum atomic E-state index is -0.133. The third-order valence-corrected chi connectivity index (χ3v) is 5.68. The van der Waals surface area contributed by atoms with Gasteiger partial charge in [0.15, 0.2) is 5.82 Å². The Labute approximate surface area is 118 Å². The molecule has 1 saturated heterocycles. The lowest BCUT2D eigenvalue weighted by Crippen LogP contribution is -2.38. The van der Waals surface area contributed by atoms with Crippen LogP contribution in [-0.4, -0.2) is 46.2 Å². The molecule has 1 saturated carbocycles. The maximum absolute atomic E-state index is 6.22. The zero-order valence-corrected chi connectivity index (χ0v) is 12.4. The lowest BCUT2D eigenvalue weighted by molar-refractivity contribution is 0.250. The smallest absolute Gasteiger partial charge is 0.234 e. The molecule has 1 aromatic rings. The second kappa shape index (κ2) is 5.07. The highest BCUT2D eigenvalue weighted by atomic mass is 32.2. The average Bonchev–Trinajstić information content (AvgIpc) is 2.99. The van der Waals surface area contributed by atoms with Crippen LogP contribution < -0.4 is 5.73 Å². The van der Waals surface area contributed by atoms with Crippen molar-refractivity contribution in [1.29, 1.82) is 0 Å². The fourth-order valence-corrected chi connectivity index (χ4v) is 4.23. The van der Waals surface area contributed by atoms with Gasteiger partial charge in [0.05, 0.1) is 11.5 Å². The van der Waals surface area contributed by atoms with Crippen LogP contribution in [0.15, 0.2) is 4.52 Å². The molecule has 2 aliphatic rings. The summed E-state index contributed by atoms with van der Waals surface area (Å²) in [7, 11) is 2.13. The zero-order chi connectivity index (χ0) is 13.5. The molecule has 0 radical (unpaired) electrons. The molecule has 2 fully saturated rings. The summed E-state index contributed by atoms with van der Waals surface area (Å²) in [4.78, 5) is 6.98. The molecule has 1 aromatic heterocycles. The minimum absolute atomic E-state index is 0.133. The third-order valence-electron chi connectivity index (χ3n) is 4.65. The predicted octanol–water partition coefficient (Wildman–Crippen LogP) is 1.56. The van der Waals surface area contributed by atoms with Gasteiger partial charge in [0.25, 0.3) is 0 Å². The first kappa shape index (κ1) is 13.4. The third kappa shape index (κ3) is 2.30. The van der Waals surface area contributed by atoms with Crippen LogP contribution in [0.3, 0.4) is 0 Å². The second-order valence-corrected chi connectivity index (χ2v) is 7.10. The van der Waals surface area contributed by atoms with E-state index in [0.29, 0.717) is 0 Å². The Balaban J connectivity index is 1.83. The molecular formula is C13H22N4OS. The summed E-state index contributed by atoms with van der Waals surface area (Å²) >= 11 is 1.95. The maximum Gasteiger partial charge on any atom is 0.234 e. The molecule has 19 heavy (non-hydrogen) atoms. The number of nitrogens with two attached hydrogens (primary N) is 1. The summed E-state index contributed by atoms with van der Waals surface area (Å²) in [5.74, 6) is 3.78. The van der Waals surface area contributed by atoms with E-state index in [1.807, 2.05) is 11.8 Å². The highest BCUT2D eigenvalue weighted by Crippen LogP contribution is 2.39. The molecule has 106 valence electrons. The standard InChI is InChI=1S/C13H22N4OS/c1-13(5-3-4-10(13)14)12-15-11(16-18-12)9-8-19-7-6-17(9)2/h9-10H,3-8,14H2,1-2H3. The summed E-state index contributed by atoms with van der Waals surface area (Å²) in [6.45, 7) is 3.23. The number of nitrogens with zero attached hydrogens (tertiary/aromatic N) is 3. The predicted molar refractivity (Wildman–Crippen MR) is 76.2 cm³/mol. The molecule has 3 unspecified atom stereocenters. The van der Waals surface area contributed by atoms with E-state index in [1.54, 1.807) is 0 Å². The van der Waals surface area contributed by atoms with E-state index in [4.69, 9.17) is 10.3 Å². The van der Waals surface area contributed by atoms with E-state index in [-0.39, 0.29) is 17.5 Å². The van der Waals surface area contributed by atoms with E-state index >= 15 is 0 Å². The summed E-state index contributed by atoms with van der Waals surface area (Å²) in [5.41, 5.74) is 6.08. The van der Waals surface area contributed by atoms with Crippen molar-refractivity contribution >= 4 is 11.8 Å². The summed E-state index contributed by atoms with van der Waals surface area (Å²) < 4.78 is 5.55. The molecule has 3 atom stereocenters. The van der Waals surface area contributed by atoms with Gasteiger partial charge in [0.2, 0.25) is 5.89 Å². The Hall–Kier alpha value is -0.590. The van der Waals surface area contributed by atoms with Crippen LogP contribution in [0, 0.1) is 0 Å². The van der Waals surface area contributed by atoms with Gasteiger partial charge < -0.3 is 10.3 Å². The SMILES string of the molecule is CN1CCSCC1c1noc(C2(C)CCCC2N)n1. The molecule has 2 N–H and O–H groups in total. The molecule has 0 bridgehead atoms. The summed E-state index contributed by atoms with van der Waals surface area (Å²) in [6, 6.07) is 0.414. The molecular weight excluding hydrogens is 260 g/mol. The van der Waals surface area contributed by atoms with Crippen LogP contribution in [0.25, 0.3) is 0 Å². The Bertz CT molecular complexity index is 452. The van der Waals surface area contributed by atoms with Crippen LogP contribution in [0.4, 0.5) is 0 Å². The number of rotatable bonds is 2. The maximum atomic E-state index is 6.22. The second-order valence-electron chi connectivity index (χ2n) is 5.95. The monoisotopic (exact) mass is 282 g/mol. The fraction of sp³-hybridized carbons (Fsp3) is 0.846. The lowest BCUT2D eigenvalue weighted by atomic mass is 9.85. The molecule has 3 rings (SSSR count). The molecule has 0 spiro atoms. The van der Waals surface area contributed by atoms with E-state index in [9.17, 15) is 0 Å². The van der Waals surface area contributed by atoms with Gasteiger partial charge in [0, 0.05) is 24.1 Å². The normalized spacial score (nSPS) is 36.8. The van der Waals surface area contributed by atoms with Gasteiger partial charge in [-0.25, -0.2) is 0 Å². The Morgan fingerprint density at radius 1 is 1.53 bits per heavy atom. The first-order valence-electron chi connectivity index (χ1n) is 6.99. The topological polar surface area (TPSA) is 68.2 Å². The molecule has 1 aliphatic carbocycles. The van der Waals surface area contributed by atoms with Crippen LogP contribution in [0.2, 0.25) is 0 Å². The Kier molecular flexibility index (Phi) is 3.57. The average molecular weight is 282 g/mol. The number of aromatic nitrogens is 2. The van der Waals surface area contributed by atoms with Gasteiger partial charge in [0.1, 0.15) is 0 Å². The van der Waals surface area contributed by atoms with Gasteiger partial charge in [-0.05, 0) is 26.8 Å². The Morgan fingerprint density at radius 2 is 2.37 bits per heavy atom. The summed E-state index contributed by atoms with van der Waals surface area (Å²) in [6.07, 6.45) is 3.24. The van der Waals surface area contributed by atoms with Crippen LogP contribution in [0.5, 0.6) is 0 Å². The van der Waals surface area contributed by atoms with Crippen LogP contribution in [-0.2, 0) is 5.41 Å². The van der Waals surface area contributed by atoms with Crippen molar-refractivity contribution in [3.05, 3.63) is 11.7 Å². The van der Waals surface area contributed by atoms with Gasteiger partial charge in [-0.3, -0.25) is 4.90 Å². The Morgan fingerprint density at radius 3 is 3.05 bits per heavy atom. The molecule has 1 aliphatic heterocycles. The van der Waals surface area contributed by atoms with Gasteiger partial charge in [-0.1, -0.05) is 11.6 Å². The van der Waals surface area contributed by atoms with Crippen molar-refractivity contribution in [2.45, 2.75) is 43.7 Å². The van der Waals surface area contributed by atoms with Crippen molar-refractivity contribution in [3.63, 3.8) is 0 Å². The number of hydrogen-bond acceptors (Lipinski definition) is 6.